The van der Waals surface area contributed by atoms with Crippen molar-refractivity contribution in [1.82, 2.24) is 10.2 Å². The maximum absolute atomic E-state index is 12.2. The summed E-state index contributed by atoms with van der Waals surface area (Å²) < 4.78 is 24.4. The molecule has 2 fully saturated rings. The molecular formula is C14H26F2N2. The van der Waals surface area contributed by atoms with Gasteiger partial charge in [-0.1, -0.05) is 19.8 Å². The van der Waals surface area contributed by atoms with Gasteiger partial charge in [-0.25, -0.2) is 0 Å². The minimum absolute atomic E-state index is 0.0210. The highest BCUT2D eigenvalue weighted by Gasteiger charge is 2.25. The molecule has 106 valence electrons. The number of hydrogen-bond acceptors (Lipinski definition) is 2. The molecule has 1 aliphatic heterocycles. The van der Waals surface area contributed by atoms with E-state index in [4.69, 9.17) is 0 Å². The lowest BCUT2D eigenvalue weighted by atomic mass is 9.82. The average molecular weight is 260 g/mol. The third kappa shape index (κ3) is 4.47. The van der Waals surface area contributed by atoms with Crippen molar-refractivity contribution in [3.63, 3.8) is 0 Å². The lowest BCUT2D eigenvalue weighted by Gasteiger charge is -2.36. The third-order valence-corrected chi connectivity index (χ3v) is 4.60. The van der Waals surface area contributed by atoms with E-state index in [9.17, 15) is 8.78 Å². The second-order valence-corrected chi connectivity index (χ2v) is 6.17. The highest BCUT2D eigenvalue weighted by Crippen LogP contribution is 2.29. The molecule has 0 aromatic rings. The average Bonchev–Trinajstić information content (AvgIpc) is 2.34. The van der Waals surface area contributed by atoms with Gasteiger partial charge < -0.3 is 4.90 Å². The van der Waals surface area contributed by atoms with Gasteiger partial charge in [0.1, 0.15) is 0 Å². The van der Waals surface area contributed by atoms with Crippen LogP contribution in [0.15, 0.2) is 0 Å². The molecule has 4 heteroatoms. The minimum atomic E-state index is -2.36. The zero-order chi connectivity index (χ0) is 13.0. The maximum Gasteiger partial charge on any atom is 0.292 e. The zero-order valence-electron chi connectivity index (χ0n) is 11.4. The van der Waals surface area contributed by atoms with Crippen molar-refractivity contribution in [3.05, 3.63) is 0 Å². The van der Waals surface area contributed by atoms with E-state index in [1.54, 1.807) is 0 Å². The van der Waals surface area contributed by atoms with Crippen LogP contribution in [0.25, 0.3) is 0 Å². The molecule has 1 aliphatic carbocycles. The van der Waals surface area contributed by atoms with E-state index in [0.29, 0.717) is 0 Å². The Morgan fingerprint density at radius 3 is 2.22 bits per heavy atom. The van der Waals surface area contributed by atoms with E-state index in [1.165, 1.54) is 32.2 Å². The van der Waals surface area contributed by atoms with Crippen LogP contribution in [0.4, 0.5) is 8.78 Å². The fourth-order valence-electron chi connectivity index (χ4n) is 3.34. The van der Waals surface area contributed by atoms with E-state index in [0.717, 1.165) is 37.8 Å². The molecule has 1 saturated carbocycles. The monoisotopic (exact) mass is 260 g/mol. The van der Waals surface area contributed by atoms with Crippen LogP contribution < -0.4 is 5.32 Å². The van der Waals surface area contributed by atoms with Gasteiger partial charge in [-0.2, -0.15) is 8.78 Å². The van der Waals surface area contributed by atoms with Crippen LogP contribution in [0, 0.1) is 11.8 Å². The summed E-state index contributed by atoms with van der Waals surface area (Å²) in [5, 5.41) is 2.35. The highest BCUT2D eigenvalue weighted by molar-refractivity contribution is 4.80. The van der Waals surface area contributed by atoms with Gasteiger partial charge >= 0.3 is 0 Å². The molecule has 0 atom stereocenters. The first-order chi connectivity index (χ1) is 8.63. The van der Waals surface area contributed by atoms with Gasteiger partial charge in [0.15, 0.2) is 0 Å². The van der Waals surface area contributed by atoms with Crippen molar-refractivity contribution in [2.45, 2.75) is 58.0 Å². The standard InChI is InChI=1S/C14H26F2N2/c1-11-2-4-12(5-3-11)10-18-8-6-13(7-9-18)17-14(15)16/h11-14,17H,2-10H2,1H3. The number of alkyl halides is 2. The predicted octanol–water partition coefficient (Wildman–Crippen LogP) is 3.09. The number of likely N-dealkylation sites (tertiary alicyclic amines) is 1. The van der Waals surface area contributed by atoms with Gasteiger partial charge in [0.2, 0.25) is 0 Å². The number of nitrogens with zero attached hydrogens (tertiary/aromatic N) is 1. The number of rotatable bonds is 4. The quantitative estimate of drug-likeness (QED) is 0.781. The smallest absolute Gasteiger partial charge is 0.292 e. The summed E-state index contributed by atoms with van der Waals surface area (Å²) in [5.74, 6) is 1.75. The fourth-order valence-corrected chi connectivity index (χ4v) is 3.34. The van der Waals surface area contributed by atoms with Crippen molar-refractivity contribution in [3.8, 4) is 0 Å². The van der Waals surface area contributed by atoms with Gasteiger partial charge in [-0.05, 0) is 50.6 Å². The van der Waals surface area contributed by atoms with E-state index in [1.807, 2.05) is 0 Å². The number of hydrogen-bond donors (Lipinski definition) is 1. The third-order valence-electron chi connectivity index (χ3n) is 4.60. The Labute approximate surface area is 109 Å². The summed E-state index contributed by atoms with van der Waals surface area (Å²) in [6.07, 6.45) is 7.19. The van der Waals surface area contributed by atoms with Crippen molar-refractivity contribution in [2.75, 3.05) is 19.6 Å². The number of halogens is 2. The lowest BCUT2D eigenvalue weighted by Crippen LogP contribution is -2.45. The highest BCUT2D eigenvalue weighted by atomic mass is 19.3. The van der Waals surface area contributed by atoms with Gasteiger partial charge in [0.05, 0.1) is 0 Å². The van der Waals surface area contributed by atoms with Crippen LogP contribution in [0.2, 0.25) is 0 Å². The molecule has 18 heavy (non-hydrogen) atoms. The second kappa shape index (κ2) is 6.80. The second-order valence-electron chi connectivity index (χ2n) is 6.17. The lowest BCUT2D eigenvalue weighted by molar-refractivity contribution is 0.0692. The van der Waals surface area contributed by atoms with Crippen LogP contribution in [0.5, 0.6) is 0 Å². The molecule has 0 unspecified atom stereocenters. The first-order valence-corrected chi connectivity index (χ1v) is 7.40. The maximum atomic E-state index is 12.2. The van der Waals surface area contributed by atoms with Gasteiger partial charge in [-0.3, -0.25) is 5.32 Å². The van der Waals surface area contributed by atoms with Gasteiger partial charge in [0.25, 0.3) is 6.55 Å². The Morgan fingerprint density at radius 2 is 1.67 bits per heavy atom. The molecule has 2 rings (SSSR count). The van der Waals surface area contributed by atoms with E-state index in [2.05, 4.69) is 17.1 Å². The van der Waals surface area contributed by atoms with E-state index >= 15 is 0 Å². The summed E-state index contributed by atoms with van der Waals surface area (Å²) in [6, 6.07) is 0.0210. The molecular weight excluding hydrogens is 234 g/mol. The SMILES string of the molecule is CC1CCC(CN2CCC(NC(F)F)CC2)CC1. The molecule has 2 nitrogen and oxygen atoms in total. The fraction of sp³-hybridized carbons (Fsp3) is 1.00. The molecule has 0 aromatic heterocycles. The summed E-state index contributed by atoms with van der Waals surface area (Å²) in [7, 11) is 0. The first-order valence-electron chi connectivity index (χ1n) is 7.40. The van der Waals surface area contributed by atoms with Crippen LogP contribution in [-0.2, 0) is 0 Å². The number of piperidine rings is 1. The topological polar surface area (TPSA) is 15.3 Å². The van der Waals surface area contributed by atoms with Crippen molar-refractivity contribution in [2.24, 2.45) is 11.8 Å². The predicted molar refractivity (Wildman–Crippen MR) is 69.7 cm³/mol. The molecule has 1 heterocycles. The largest absolute Gasteiger partial charge is 0.303 e. The molecule has 0 spiro atoms. The Balaban J connectivity index is 1.64. The summed E-state index contributed by atoms with van der Waals surface area (Å²) >= 11 is 0. The minimum Gasteiger partial charge on any atom is -0.303 e. The Kier molecular flexibility index (Phi) is 5.37. The number of nitrogens with one attached hydrogen (secondary N) is 1. The molecule has 1 saturated heterocycles. The molecule has 0 radical (unpaired) electrons. The van der Waals surface area contributed by atoms with Crippen molar-refractivity contribution in [1.29, 1.82) is 0 Å². The molecule has 1 N–H and O–H groups in total. The van der Waals surface area contributed by atoms with Crippen molar-refractivity contribution >= 4 is 0 Å². The molecule has 2 aliphatic rings. The zero-order valence-corrected chi connectivity index (χ0v) is 11.4. The molecule has 0 amide bonds. The van der Waals surface area contributed by atoms with E-state index < -0.39 is 6.55 Å². The van der Waals surface area contributed by atoms with Crippen LogP contribution in [-0.4, -0.2) is 37.1 Å². The Bertz CT molecular complexity index is 232. The Morgan fingerprint density at radius 1 is 1.06 bits per heavy atom. The Hall–Kier alpha value is -0.220. The van der Waals surface area contributed by atoms with Crippen molar-refractivity contribution < 1.29 is 8.78 Å². The summed E-state index contributed by atoms with van der Waals surface area (Å²) in [6.45, 7) is 3.14. The van der Waals surface area contributed by atoms with Crippen LogP contribution in [0.3, 0.4) is 0 Å². The summed E-state index contributed by atoms with van der Waals surface area (Å²) in [5.41, 5.74) is 0. The van der Waals surface area contributed by atoms with Crippen LogP contribution in [0.1, 0.15) is 45.4 Å². The molecule has 0 aromatic carbocycles. The van der Waals surface area contributed by atoms with Crippen LogP contribution >= 0.6 is 0 Å². The van der Waals surface area contributed by atoms with Gasteiger partial charge in [0, 0.05) is 12.6 Å². The van der Waals surface area contributed by atoms with E-state index in [-0.39, 0.29) is 6.04 Å². The summed E-state index contributed by atoms with van der Waals surface area (Å²) in [4.78, 5) is 2.48. The molecule has 0 bridgehead atoms. The normalized spacial score (nSPS) is 32.0. The van der Waals surface area contributed by atoms with Gasteiger partial charge in [-0.15, -0.1) is 0 Å². The first kappa shape index (κ1) is 14.2.